The van der Waals surface area contributed by atoms with Gasteiger partial charge < -0.3 is 4.42 Å². The predicted octanol–water partition coefficient (Wildman–Crippen LogP) is 5.27. The Morgan fingerprint density at radius 3 is 2.20 bits per heavy atom. The normalized spacial score (nSPS) is 11.3. The van der Waals surface area contributed by atoms with E-state index in [0.29, 0.717) is 22.9 Å². The van der Waals surface area contributed by atoms with Crippen LogP contribution in [0.1, 0.15) is 0 Å². The molecule has 0 saturated carbocycles. The van der Waals surface area contributed by atoms with Crippen LogP contribution in [0, 0.1) is 0 Å². The SMILES string of the molecule is c1ccc(-c2oc3ncn4nc(-c5ccccn5)nc4c3c2-c2ccccc2)cc1. The molecule has 4 aromatic heterocycles. The van der Waals surface area contributed by atoms with Crippen molar-refractivity contribution >= 4 is 16.7 Å². The fraction of sp³-hybridized carbons (Fsp3) is 0. The smallest absolute Gasteiger partial charge is 0.232 e. The summed E-state index contributed by atoms with van der Waals surface area (Å²) in [5.74, 6) is 1.31. The molecule has 0 aliphatic heterocycles. The van der Waals surface area contributed by atoms with Crippen molar-refractivity contribution in [1.29, 1.82) is 0 Å². The van der Waals surface area contributed by atoms with Gasteiger partial charge in [0.15, 0.2) is 5.65 Å². The van der Waals surface area contributed by atoms with Crippen LogP contribution in [0.5, 0.6) is 0 Å². The largest absolute Gasteiger partial charge is 0.437 e. The van der Waals surface area contributed by atoms with Crippen molar-refractivity contribution < 1.29 is 4.42 Å². The summed E-state index contributed by atoms with van der Waals surface area (Å²) >= 11 is 0. The predicted molar refractivity (Wildman–Crippen MR) is 115 cm³/mol. The van der Waals surface area contributed by atoms with Gasteiger partial charge in [0.25, 0.3) is 0 Å². The Morgan fingerprint density at radius 2 is 1.47 bits per heavy atom. The van der Waals surface area contributed by atoms with Crippen LogP contribution < -0.4 is 0 Å². The van der Waals surface area contributed by atoms with Gasteiger partial charge in [-0.2, -0.15) is 0 Å². The summed E-state index contributed by atoms with van der Waals surface area (Å²) in [5, 5.41) is 5.42. The molecule has 0 bridgehead atoms. The Labute approximate surface area is 171 Å². The van der Waals surface area contributed by atoms with Gasteiger partial charge in [0.1, 0.15) is 17.8 Å². The van der Waals surface area contributed by atoms with E-state index in [1.165, 1.54) is 0 Å². The van der Waals surface area contributed by atoms with E-state index in [0.717, 1.165) is 27.8 Å². The zero-order valence-corrected chi connectivity index (χ0v) is 15.8. The van der Waals surface area contributed by atoms with E-state index in [-0.39, 0.29) is 0 Å². The molecule has 142 valence electrons. The van der Waals surface area contributed by atoms with E-state index in [9.17, 15) is 0 Å². The first-order chi connectivity index (χ1) is 14.9. The third kappa shape index (κ3) is 2.58. The van der Waals surface area contributed by atoms with Crippen molar-refractivity contribution in [2.45, 2.75) is 0 Å². The summed E-state index contributed by atoms with van der Waals surface area (Å²) in [7, 11) is 0. The van der Waals surface area contributed by atoms with Gasteiger partial charge in [-0.3, -0.25) is 4.98 Å². The lowest BCUT2D eigenvalue weighted by molar-refractivity contribution is 0.617. The second-order valence-corrected chi connectivity index (χ2v) is 6.88. The topological polar surface area (TPSA) is 69.1 Å². The summed E-state index contributed by atoms with van der Waals surface area (Å²) in [5.41, 5.74) is 4.90. The molecule has 6 nitrogen and oxygen atoms in total. The van der Waals surface area contributed by atoms with Crippen LogP contribution in [0.3, 0.4) is 0 Å². The molecule has 0 unspecified atom stereocenters. The van der Waals surface area contributed by atoms with E-state index < -0.39 is 0 Å². The molecule has 0 saturated heterocycles. The van der Waals surface area contributed by atoms with Gasteiger partial charge in [-0.15, -0.1) is 5.10 Å². The minimum Gasteiger partial charge on any atom is -0.437 e. The Balaban J connectivity index is 1.70. The molecule has 0 spiro atoms. The molecular formula is C24H15N5O. The average Bonchev–Trinajstić information content (AvgIpc) is 3.42. The molecule has 0 aliphatic rings. The van der Waals surface area contributed by atoms with Crippen LogP contribution in [0.15, 0.2) is 95.8 Å². The van der Waals surface area contributed by atoms with Crippen LogP contribution in [0.2, 0.25) is 0 Å². The molecule has 2 aromatic carbocycles. The van der Waals surface area contributed by atoms with Crippen molar-refractivity contribution in [1.82, 2.24) is 24.6 Å². The third-order valence-corrected chi connectivity index (χ3v) is 5.02. The lowest BCUT2D eigenvalue weighted by Crippen LogP contribution is -1.90. The number of hydrogen-bond acceptors (Lipinski definition) is 5. The summed E-state index contributed by atoms with van der Waals surface area (Å²) in [6, 6.07) is 25.9. The van der Waals surface area contributed by atoms with Crippen molar-refractivity contribution in [3.63, 3.8) is 0 Å². The summed E-state index contributed by atoms with van der Waals surface area (Å²) in [6.45, 7) is 0. The summed E-state index contributed by atoms with van der Waals surface area (Å²) < 4.78 is 7.94. The maximum atomic E-state index is 6.25. The van der Waals surface area contributed by atoms with Crippen molar-refractivity contribution in [2.24, 2.45) is 0 Å². The molecule has 0 fully saturated rings. The molecular weight excluding hydrogens is 374 g/mol. The number of furan rings is 1. The molecule has 6 heteroatoms. The minimum atomic E-state index is 0.528. The Kier molecular flexibility index (Phi) is 3.67. The standard InChI is InChI=1S/C24H15N5O/c1-3-9-16(10-4-1)19-20-23-27-22(18-13-7-8-14-25-18)28-29(23)15-26-24(20)30-21(19)17-11-5-2-6-12-17/h1-15H. The highest BCUT2D eigenvalue weighted by Gasteiger charge is 2.23. The van der Waals surface area contributed by atoms with Crippen LogP contribution in [-0.4, -0.2) is 24.6 Å². The van der Waals surface area contributed by atoms with E-state index in [1.54, 1.807) is 17.0 Å². The number of benzene rings is 2. The third-order valence-electron chi connectivity index (χ3n) is 5.02. The van der Waals surface area contributed by atoms with Crippen LogP contribution in [0.25, 0.3) is 50.7 Å². The second kappa shape index (κ2) is 6.63. The Hall–Kier alpha value is -4.32. The molecule has 0 N–H and O–H groups in total. The molecule has 0 aliphatic carbocycles. The average molecular weight is 389 g/mol. The number of hydrogen-bond donors (Lipinski definition) is 0. The summed E-state index contributed by atoms with van der Waals surface area (Å²) in [6.07, 6.45) is 3.36. The quantitative estimate of drug-likeness (QED) is 0.413. The number of pyridine rings is 1. The maximum Gasteiger partial charge on any atom is 0.232 e. The number of fused-ring (bicyclic) bond motifs is 3. The van der Waals surface area contributed by atoms with Gasteiger partial charge in [0.05, 0.1) is 5.39 Å². The van der Waals surface area contributed by atoms with Gasteiger partial charge >= 0.3 is 0 Å². The number of aromatic nitrogens is 5. The van der Waals surface area contributed by atoms with Crippen LogP contribution in [-0.2, 0) is 0 Å². The van der Waals surface area contributed by atoms with E-state index in [2.05, 4.69) is 27.2 Å². The molecule has 6 rings (SSSR count). The molecule has 6 aromatic rings. The molecule has 0 radical (unpaired) electrons. The fourth-order valence-corrected chi connectivity index (χ4v) is 3.68. The lowest BCUT2D eigenvalue weighted by atomic mass is 9.99. The van der Waals surface area contributed by atoms with Gasteiger partial charge in [0.2, 0.25) is 11.5 Å². The van der Waals surface area contributed by atoms with Gasteiger partial charge in [0, 0.05) is 17.3 Å². The minimum absolute atomic E-state index is 0.528. The lowest BCUT2D eigenvalue weighted by Gasteiger charge is -2.03. The second-order valence-electron chi connectivity index (χ2n) is 6.88. The fourth-order valence-electron chi connectivity index (χ4n) is 3.68. The van der Waals surface area contributed by atoms with Crippen molar-refractivity contribution in [2.75, 3.05) is 0 Å². The first-order valence-electron chi connectivity index (χ1n) is 9.58. The highest BCUT2D eigenvalue weighted by atomic mass is 16.3. The van der Waals surface area contributed by atoms with Gasteiger partial charge in [-0.1, -0.05) is 66.7 Å². The number of nitrogens with zero attached hydrogens (tertiary/aromatic N) is 5. The van der Waals surface area contributed by atoms with Crippen molar-refractivity contribution in [3.05, 3.63) is 91.4 Å². The van der Waals surface area contributed by atoms with Crippen LogP contribution >= 0.6 is 0 Å². The monoisotopic (exact) mass is 389 g/mol. The van der Waals surface area contributed by atoms with E-state index in [4.69, 9.17) is 9.40 Å². The first kappa shape index (κ1) is 16.6. The zero-order valence-electron chi connectivity index (χ0n) is 15.8. The molecule has 30 heavy (non-hydrogen) atoms. The summed E-state index contributed by atoms with van der Waals surface area (Å²) in [4.78, 5) is 13.7. The number of rotatable bonds is 3. The Morgan fingerprint density at radius 1 is 0.733 bits per heavy atom. The van der Waals surface area contributed by atoms with E-state index >= 15 is 0 Å². The first-order valence-corrected chi connectivity index (χ1v) is 9.58. The molecule has 4 heterocycles. The van der Waals surface area contributed by atoms with Crippen molar-refractivity contribution in [3.8, 4) is 34.0 Å². The Bertz CT molecular complexity index is 1470. The highest BCUT2D eigenvalue weighted by molar-refractivity contribution is 6.07. The molecule has 0 atom stereocenters. The highest BCUT2D eigenvalue weighted by Crippen LogP contribution is 2.41. The van der Waals surface area contributed by atoms with Gasteiger partial charge in [-0.25, -0.2) is 14.5 Å². The zero-order chi connectivity index (χ0) is 19.9. The van der Waals surface area contributed by atoms with E-state index in [1.807, 2.05) is 66.7 Å². The molecule has 0 amide bonds. The van der Waals surface area contributed by atoms with Crippen LogP contribution in [0.4, 0.5) is 0 Å². The maximum absolute atomic E-state index is 6.25. The van der Waals surface area contributed by atoms with Gasteiger partial charge in [-0.05, 0) is 17.7 Å².